The van der Waals surface area contributed by atoms with E-state index in [1.54, 1.807) is 17.5 Å². The minimum atomic E-state index is 0.874. The van der Waals surface area contributed by atoms with Crippen molar-refractivity contribution in [3.63, 3.8) is 0 Å². The molecular formula is C13H12N4S. The molecule has 0 saturated heterocycles. The van der Waals surface area contributed by atoms with Gasteiger partial charge in [-0.3, -0.25) is 4.98 Å². The summed E-state index contributed by atoms with van der Waals surface area (Å²) < 4.78 is 2.11. The number of pyridine rings is 1. The van der Waals surface area contributed by atoms with Crippen molar-refractivity contribution in [2.45, 2.75) is 13.0 Å². The summed E-state index contributed by atoms with van der Waals surface area (Å²) in [6, 6.07) is 5.86. The van der Waals surface area contributed by atoms with Gasteiger partial charge in [0.15, 0.2) is 5.82 Å². The van der Waals surface area contributed by atoms with Gasteiger partial charge in [-0.05, 0) is 12.1 Å². The number of rotatable bonds is 4. The standard InChI is InChI=1S/C13H12N4S/c1-2-5-14-11(3-1)13-16-6-9-17(13)8-4-12-15-7-10-18-12/h1-3,5-7,9-10H,4,8H2. The van der Waals surface area contributed by atoms with Gasteiger partial charge < -0.3 is 4.57 Å². The predicted molar refractivity (Wildman–Crippen MR) is 71.3 cm³/mol. The second kappa shape index (κ2) is 5.10. The fraction of sp³-hybridized carbons (Fsp3) is 0.154. The molecule has 0 radical (unpaired) electrons. The zero-order valence-corrected chi connectivity index (χ0v) is 10.5. The van der Waals surface area contributed by atoms with Gasteiger partial charge in [-0.25, -0.2) is 9.97 Å². The Bertz CT molecular complexity index is 601. The van der Waals surface area contributed by atoms with Crippen LogP contribution >= 0.6 is 11.3 Å². The summed E-state index contributed by atoms with van der Waals surface area (Å²) in [5, 5.41) is 3.15. The molecule has 0 amide bonds. The SMILES string of the molecule is c1ccc(-c2nccn2CCc2nccs2)nc1. The molecule has 0 aliphatic heterocycles. The van der Waals surface area contributed by atoms with Crippen LogP contribution in [0.3, 0.4) is 0 Å². The predicted octanol–water partition coefficient (Wildman–Crippen LogP) is 2.64. The van der Waals surface area contributed by atoms with Crippen LogP contribution in [0, 0.1) is 0 Å². The molecular weight excluding hydrogens is 244 g/mol. The summed E-state index contributed by atoms with van der Waals surface area (Å²) in [5.74, 6) is 0.909. The maximum Gasteiger partial charge on any atom is 0.158 e. The quantitative estimate of drug-likeness (QED) is 0.720. The largest absolute Gasteiger partial charge is 0.329 e. The fourth-order valence-corrected chi connectivity index (χ4v) is 2.42. The highest BCUT2D eigenvalue weighted by atomic mass is 32.1. The monoisotopic (exact) mass is 256 g/mol. The first-order chi connectivity index (χ1) is 8.93. The van der Waals surface area contributed by atoms with Gasteiger partial charge in [0.05, 0.1) is 5.01 Å². The van der Waals surface area contributed by atoms with Crippen molar-refractivity contribution in [1.29, 1.82) is 0 Å². The molecule has 4 nitrogen and oxygen atoms in total. The van der Waals surface area contributed by atoms with E-state index in [0.717, 1.165) is 29.5 Å². The van der Waals surface area contributed by atoms with Crippen molar-refractivity contribution in [2.24, 2.45) is 0 Å². The van der Waals surface area contributed by atoms with Crippen molar-refractivity contribution < 1.29 is 0 Å². The summed E-state index contributed by atoms with van der Waals surface area (Å²) in [7, 11) is 0. The van der Waals surface area contributed by atoms with E-state index >= 15 is 0 Å². The van der Waals surface area contributed by atoms with Crippen molar-refractivity contribution in [3.05, 3.63) is 53.4 Å². The van der Waals surface area contributed by atoms with Gasteiger partial charge >= 0.3 is 0 Å². The lowest BCUT2D eigenvalue weighted by Gasteiger charge is -2.05. The van der Waals surface area contributed by atoms with Gasteiger partial charge in [0.1, 0.15) is 5.69 Å². The Labute approximate surface area is 109 Å². The number of hydrogen-bond donors (Lipinski definition) is 0. The van der Waals surface area contributed by atoms with E-state index < -0.39 is 0 Å². The van der Waals surface area contributed by atoms with E-state index in [0.29, 0.717) is 0 Å². The fourth-order valence-electron chi connectivity index (χ4n) is 1.81. The van der Waals surface area contributed by atoms with Crippen LogP contribution in [-0.4, -0.2) is 19.5 Å². The lowest BCUT2D eigenvalue weighted by atomic mass is 10.3. The van der Waals surface area contributed by atoms with E-state index in [-0.39, 0.29) is 0 Å². The Morgan fingerprint density at radius 3 is 2.83 bits per heavy atom. The molecule has 0 atom stereocenters. The summed E-state index contributed by atoms with van der Waals surface area (Å²) in [6.45, 7) is 0.874. The number of hydrogen-bond acceptors (Lipinski definition) is 4. The van der Waals surface area contributed by atoms with E-state index in [2.05, 4.69) is 19.5 Å². The van der Waals surface area contributed by atoms with Crippen molar-refractivity contribution in [1.82, 2.24) is 19.5 Å². The number of aromatic nitrogens is 4. The zero-order chi connectivity index (χ0) is 12.2. The molecule has 0 aliphatic rings. The van der Waals surface area contributed by atoms with Crippen LogP contribution in [0.15, 0.2) is 48.4 Å². The van der Waals surface area contributed by atoms with Crippen LogP contribution < -0.4 is 0 Å². The minimum absolute atomic E-state index is 0.874. The number of nitrogens with zero attached hydrogens (tertiary/aromatic N) is 4. The third-order valence-electron chi connectivity index (χ3n) is 2.66. The van der Waals surface area contributed by atoms with Crippen LogP contribution in [0.4, 0.5) is 0 Å². The third kappa shape index (κ3) is 2.31. The van der Waals surface area contributed by atoms with Crippen molar-refractivity contribution in [2.75, 3.05) is 0 Å². The molecule has 90 valence electrons. The van der Waals surface area contributed by atoms with Crippen molar-refractivity contribution in [3.8, 4) is 11.5 Å². The molecule has 0 aliphatic carbocycles. The molecule has 3 rings (SSSR count). The Balaban J connectivity index is 1.80. The maximum atomic E-state index is 4.37. The van der Waals surface area contributed by atoms with Gasteiger partial charge in [0, 0.05) is 43.1 Å². The number of thiazole rings is 1. The lowest BCUT2D eigenvalue weighted by molar-refractivity contribution is 0.698. The molecule has 0 N–H and O–H groups in total. The topological polar surface area (TPSA) is 43.6 Å². The molecule has 0 saturated carbocycles. The van der Waals surface area contributed by atoms with Gasteiger partial charge in [-0.15, -0.1) is 11.3 Å². The van der Waals surface area contributed by atoms with E-state index in [9.17, 15) is 0 Å². The summed E-state index contributed by atoms with van der Waals surface area (Å²) >= 11 is 1.69. The average Bonchev–Trinajstić information content (AvgIpc) is 3.09. The van der Waals surface area contributed by atoms with Crippen molar-refractivity contribution >= 4 is 11.3 Å². The van der Waals surface area contributed by atoms with Crippen LogP contribution in [0.25, 0.3) is 11.5 Å². The summed E-state index contributed by atoms with van der Waals surface area (Å²) in [4.78, 5) is 13.0. The summed E-state index contributed by atoms with van der Waals surface area (Å²) in [6.07, 6.45) is 8.35. The third-order valence-corrected chi connectivity index (χ3v) is 3.50. The Kier molecular flexibility index (Phi) is 3.14. The second-order valence-electron chi connectivity index (χ2n) is 3.84. The zero-order valence-electron chi connectivity index (χ0n) is 9.73. The molecule has 18 heavy (non-hydrogen) atoms. The maximum absolute atomic E-state index is 4.37. The molecule has 3 aromatic heterocycles. The highest BCUT2D eigenvalue weighted by molar-refractivity contribution is 7.09. The first-order valence-electron chi connectivity index (χ1n) is 5.74. The second-order valence-corrected chi connectivity index (χ2v) is 4.81. The summed E-state index contributed by atoms with van der Waals surface area (Å²) in [5.41, 5.74) is 0.904. The van der Waals surface area contributed by atoms with E-state index in [4.69, 9.17) is 0 Å². The smallest absolute Gasteiger partial charge is 0.158 e. The molecule has 0 unspecified atom stereocenters. The van der Waals surface area contributed by atoms with Crippen LogP contribution in [0.5, 0.6) is 0 Å². The first kappa shape index (κ1) is 11.1. The Morgan fingerprint density at radius 2 is 2.06 bits per heavy atom. The van der Waals surface area contributed by atoms with Crippen LogP contribution in [0.2, 0.25) is 0 Å². The highest BCUT2D eigenvalue weighted by Crippen LogP contribution is 2.15. The van der Waals surface area contributed by atoms with E-state index in [1.165, 1.54) is 0 Å². The molecule has 0 spiro atoms. The average molecular weight is 256 g/mol. The molecule has 3 aromatic rings. The molecule has 3 heterocycles. The molecule has 5 heteroatoms. The Hall–Kier alpha value is -2.01. The highest BCUT2D eigenvalue weighted by Gasteiger charge is 2.06. The minimum Gasteiger partial charge on any atom is -0.329 e. The van der Waals surface area contributed by atoms with Gasteiger partial charge in [0.2, 0.25) is 0 Å². The molecule has 0 bridgehead atoms. The normalized spacial score (nSPS) is 10.7. The van der Waals surface area contributed by atoms with Gasteiger partial charge in [0.25, 0.3) is 0 Å². The first-order valence-corrected chi connectivity index (χ1v) is 6.62. The lowest BCUT2D eigenvalue weighted by Crippen LogP contribution is -2.03. The van der Waals surface area contributed by atoms with E-state index in [1.807, 2.05) is 42.2 Å². The van der Waals surface area contributed by atoms with Crippen LogP contribution in [-0.2, 0) is 13.0 Å². The van der Waals surface area contributed by atoms with Gasteiger partial charge in [-0.2, -0.15) is 0 Å². The number of aryl methyl sites for hydroxylation is 2. The Morgan fingerprint density at radius 1 is 1.06 bits per heavy atom. The van der Waals surface area contributed by atoms with Crippen LogP contribution in [0.1, 0.15) is 5.01 Å². The number of imidazole rings is 1. The molecule has 0 fully saturated rings. The molecule has 0 aromatic carbocycles. The van der Waals surface area contributed by atoms with Gasteiger partial charge in [-0.1, -0.05) is 6.07 Å².